The van der Waals surface area contributed by atoms with Crippen LogP contribution in [-0.4, -0.2) is 26.0 Å². The first-order chi connectivity index (χ1) is 11.1. The molecule has 0 spiro atoms. The molecule has 120 valence electrons. The summed E-state index contributed by atoms with van der Waals surface area (Å²) in [5.41, 5.74) is 2.32. The molecule has 23 heavy (non-hydrogen) atoms. The zero-order valence-electron chi connectivity index (χ0n) is 13.2. The van der Waals surface area contributed by atoms with Crippen LogP contribution in [0.2, 0.25) is 5.02 Å². The Bertz CT molecular complexity index is 674. The van der Waals surface area contributed by atoms with Gasteiger partial charge < -0.3 is 10.2 Å². The summed E-state index contributed by atoms with van der Waals surface area (Å²) in [4.78, 5) is 14.4. The third-order valence-electron chi connectivity index (χ3n) is 4.35. The van der Waals surface area contributed by atoms with E-state index < -0.39 is 0 Å². The summed E-state index contributed by atoms with van der Waals surface area (Å²) in [6.07, 6.45) is 0.917. The third-order valence-corrected chi connectivity index (χ3v) is 4.58. The Morgan fingerprint density at radius 3 is 2.74 bits per heavy atom. The topological polar surface area (TPSA) is 32.3 Å². The van der Waals surface area contributed by atoms with Gasteiger partial charge in [-0.1, -0.05) is 41.9 Å². The molecule has 1 aliphatic rings. The van der Waals surface area contributed by atoms with Gasteiger partial charge in [0.25, 0.3) is 0 Å². The maximum Gasteiger partial charge on any atom is 0.223 e. The van der Waals surface area contributed by atoms with Crippen molar-refractivity contribution in [3.8, 4) is 0 Å². The average molecular weight is 329 g/mol. The molecular weight excluding hydrogens is 308 g/mol. The van der Waals surface area contributed by atoms with Crippen molar-refractivity contribution >= 4 is 23.2 Å². The van der Waals surface area contributed by atoms with Crippen LogP contribution in [0, 0.1) is 5.92 Å². The van der Waals surface area contributed by atoms with Crippen molar-refractivity contribution in [3.05, 3.63) is 65.2 Å². The van der Waals surface area contributed by atoms with E-state index in [-0.39, 0.29) is 11.8 Å². The van der Waals surface area contributed by atoms with E-state index >= 15 is 0 Å². The molecular formula is C19H21ClN2O. The molecule has 0 bridgehead atoms. The molecule has 0 aromatic heterocycles. The van der Waals surface area contributed by atoms with Gasteiger partial charge in [-0.05, 0) is 42.2 Å². The first kappa shape index (κ1) is 15.9. The second-order valence-electron chi connectivity index (χ2n) is 6.05. The van der Waals surface area contributed by atoms with Gasteiger partial charge >= 0.3 is 0 Å². The van der Waals surface area contributed by atoms with Crippen LogP contribution in [0.3, 0.4) is 0 Å². The van der Waals surface area contributed by atoms with Gasteiger partial charge in [-0.2, -0.15) is 0 Å². The smallest absolute Gasteiger partial charge is 0.223 e. The van der Waals surface area contributed by atoms with Crippen LogP contribution < -0.4 is 10.2 Å². The Morgan fingerprint density at radius 2 is 2.00 bits per heavy atom. The normalized spacial score (nSPS) is 19.2. The fraction of sp³-hybridized carbons (Fsp3) is 0.316. The highest BCUT2D eigenvalue weighted by molar-refractivity contribution is 6.30. The number of amides is 1. The van der Waals surface area contributed by atoms with Gasteiger partial charge in [0.2, 0.25) is 5.91 Å². The van der Waals surface area contributed by atoms with E-state index in [2.05, 4.69) is 22.3 Å². The Morgan fingerprint density at radius 1 is 1.22 bits per heavy atom. The van der Waals surface area contributed by atoms with Crippen LogP contribution >= 0.6 is 11.6 Å². The number of carbonyl (C=O) groups excluding carboxylic acids is 1. The number of hydrogen-bond acceptors (Lipinski definition) is 2. The quantitative estimate of drug-likeness (QED) is 0.877. The molecule has 1 saturated carbocycles. The van der Waals surface area contributed by atoms with Crippen molar-refractivity contribution in [2.45, 2.75) is 12.3 Å². The Kier molecular flexibility index (Phi) is 4.87. The molecule has 2 aromatic carbocycles. The Labute approximate surface area is 142 Å². The molecule has 1 aliphatic carbocycles. The molecule has 1 fully saturated rings. The lowest BCUT2D eigenvalue weighted by Gasteiger charge is -2.19. The van der Waals surface area contributed by atoms with Crippen LogP contribution in [0.15, 0.2) is 54.6 Å². The van der Waals surface area contributed by atoms with Crippen LogP contribution in [0.4, 0.5) is 5.69 Å². The zero-order chi connectivity index (χ0) is 16.2. The Hall–Kier alpha value is -2.00. The molecule has 1 amide bonds. The third kappa shape index (κ3) is 4.05. The highest BCUT2D eigenvalue weighted by atomic mass is 35.5. The number of anilines is 1. The highest BCUT2D eigenvalue weighted by Crippen LogP contribution is 2.47. The van der Waals surface area contributed by atoms with Crippen molar-refractivity contribution in [2.24, 2.45) is 5.92 Å². The second-order valence-corrected chi connectivity index (χ2v) is 6.49. The van der Waals surface area contributed by atoms with E-state index in [9.17, 15) is 4.79 Å². The van der Waals surface area contributed by atoms with Crippen molar-refractivity contribution in [1.29, 1.82) is 0 Å². The minimum atomic E-state index is 0.0931. The summed E-state index contributed by atoms with van der Waals surface area (Å²) < 4.78 is 0. The number of benzene rings is 2. The van der Waals surface area contributed by atoms with E-state index in [1.807, 2.05) is 49.5 Å². The molecule has 0 heterocycles. The summed E-state index contributed by atoms with van der Waals surface area (Å²) in [6.45, 7) is 1.45. The van der Waals surface area contributed by atoms with E-state index in [1.54, 1.807) is 0 Å². The number of nitrogens with zero attached hydrogens (tertiary/aromatic N) is 1. The van der Waals surface area contributed by atoms with Gasteiger partial charge in [0.15, 0.2) is 0 Å². The van der Waals surface area contributed by atoms with Crippen molar-refractivity contribution in [1.82, 2.24) is 5.32 Å². The number of para-hydroxylation sites is 1. The number of halogens is 1. The lowest BCUT2D eigenvalue weighted by atomic mass is 10.1. The lowest BCUT2D eigenvalue weighted by Crippen LogP contribution is -2.34. The standard InChI is InChI=1S/C19H21ClN2O/c1-22(16-8-3-2-4-9-16)11-10-21-19(23)18-13-17(18)14-6-5-7-15(20)12-14/h2-9,12,17-18H,10-11,13H2,1H3,(H,21,23). The minimum Gasteiger partial charge on any atom is -0.373 e. The predicted octanol–water partition coefficient (Wildman–Crippen LogP) is 3.70. The molecule has 2 unspecified atom stereocenters. The molecule has 2 aromatic rings. The number of likely N-dealkylation sites (N-methyl/N-ethyl adjacent to an activating group) is 1. The van der Waals surface area contributed by atoms with Crippen LogP contribution in [-0.2, 0) is 4.79 Å². The molecule has 4 heteroatoms. The predicted molar refractivity (Wildman–Crippen MR) is 95.0 cm³/mol. The fourth-order valence-corrected chi connectivity index (χ4v) is 3.08. The molecule has 0 aliphatic heterocycles. The maximum absolute atomic E-state index is 12.2. The van der Waals surface area contributed by atoms with E-state index in [4.69, 9.17) is 11.6 Å². The number of hydrogen-bond donors (Lipinski definition) is 1. The van der Waals surface area contributed by atoms with Crippen LogP contribution in [0.1, 0.15) is 17.9 Å². The summed E-state index contributed by atoms with van der Waals surface area (Å²) in [5, 5.41) is 3.78. The molecule has 0 saturated heterocycles. The van der Waals surface area contributed by atoms with Gasteiger partial charge in [0.05, 0.1) is 0 Å². The molecule has 0 radical (unpaired) electrons. The van der Waals surface area contributed by atoms with Gasteiger partial charge in [0.1, 0.15) is 0 Å². The summed E-state index contributed by atoms with van der Waals surface area (Å²) in [5.74, 6) is 0.562. The molecule has 1 N–H and O–H groups in total. The van der Waals surface area contributed by atoms with E-state index in [0.29, 0.717) is 12.5 Å². The molecule has 2 atom stereocenters. The van der Waals surface area contributed by atoms with Crippen molar-refractivity contribution < 1.29 is 4.79 Å². The van der Waals surface area contributed by atoms with Gasteiger partial charge in [-0.15, -0.1) is 0 Å². The molecule has 3 rings (SSSR count). The van der Waals surface area contributed by atoms with E-state index in [0.717, 1.165) is 23.7 Å². The summed E-state index contributed by atoms with van der Waals surface area (Å²) in [6, 6.07) is 18.0. The fourth-order valence-electron chi connectivity index (χ4n) is 2.88. The Balaban J connectivity index is 1.44. The number of carbonyl (C=O) groups is 1. The largest absolute Gasteiger partial charge is 0.373 e. The van der Waals surface area contributed by atoms with Crippen molar-refractivity contribution in [3.63, 3.8) is 0 Å². The SMILES string of the molecule is CN(CCNC(=O)C1CC1c1cccc(Cl)c1)c1ccccc1. The van der Waals surface area contributed by atoms with Gasteiger partial charge in [-0.25, -0.2) is 0 Å². The van der Waals surface area contributed by atoms with Gasteiger partial charge in [0, 0.05) is 36.8 Å². The number of rotatable bonds is 6. The second kappa shape index (κ2) is 7.05. The monoisotopic (exact) mass is 328 g/mol. The molecule has 3 nitrogen and oxygen atoms in total. The van der Waals surface area contributed by atoms with Crippen LogP contribution in [0.5, 0.6) is 0 Å². The maximum atomic E-state index is 12.2. The zero-order valence-corrected chi connectivity index (χ0v) is 14.0. The minimum absolute atomic E-state index is 0.0931. The van der Waals surface area contributed by atoms with E-state index in [1.165, 1.54) is 5.56 Å². The van der Waals surface area contributed by atoms with Gasteiger partial charge in [-0.3, -0.25) is 4.79 Å². The summed E-state index contributed by atoms with van der Waals surface area (Å²) in [7, 11) is 2.04. The average Bonchev–Trinajstić information content (AvgIpc) is 3.36. The van der Waals surface area contributed by atoms with Crippen molar-refractivity contribution in [2.75, 3.05) is 25.0 Å². The highest BCUT2D eigenvalue weighted by Gasteiger charge is 2.43. The number of nitrogens with one attached hydrogen (secondary N) is 1. The first-order valence-electron chi connectivity index (χ1n) is 7.94. The van der Waals surface area contributed by atoms with Crippen LogP contribution in [0.25, 0.3) is 0 Å². The lowest BCUT2D eigenvalue weighted by molar-refractivity contribution is -0.122. The first-order valence-corrected chi connectivity index (χ1v) is 8.32. The summed E-state index contributed by atoms with van der Waals surface area (Å²) >= 11 is 6.01.